The summed E-state index contributed by atoms with van der Waals surface area (Å²) >= 11 is 0. The summed E-state index contributed by atoms with van der Waals surface area (Å²) in [5.41, 5.74) is 1.75. The van der Waals surface area contributed by atoms with Crippen LogP contribution in [0.25, 0.3) is 0 Å². The van der Waals surface area contributed by atoms with Gasteiger partial charge in [-0.25, -0.2) is 9.48 Å². The Bertz CT molecular complexity index is 1190. The third kappa shape index (κ3) is 5.94. The molecule has 0 spiro atoms. The number of esters is 1. The van der Waals surface area contributed by atoms with Crippen molar-refractivity contribution in [3.05, 3.63) is 76.5 Å². The number of alkyl halides is 3. The lowest BCUT2D eigenvalue weighted by Crippen LogP contribution is -2.27. The van der Waals surface area contributed by atoms with Crippen molar-refractivity contribution in [2.45, 2.75) is 32.5 Å². The summed E-state index contributed by atoms with van der Waals surface area (Å²) in [5, 5.41) is 7.09. The Balaban J connectivity index is 1.80. The lowest BCUT2D eigenvalue weighted by Gasteiger charge is -2.16. The second-order valence-corrected chi connectivity index (χ2v) is 7.74. The lowest BCUT2D eigenvalue weighted by molar-refractivity contribution is -0.127. The minimum Gasteiger partial charge on any atom is -0.465 e. The molecular weight excluding hydrogens is 451 g/mol. The van der Waals surface area contributed by atoms with Gasteiger partial charge in [0.25, 0.3) is 5.91 Å². The Kier molecular flexibility index (Phi) is 7.29. The molecule has 0 fully saturated rings. The van der Waals surface area contributed by atoms with Gasteiger partial charge in [-0.3, -0.25) is 4.79 Å². The summed E-state index contributed by atoms with van der Waals surface area (Å²) in [6.07, 6.45) is -5.44. The Morgan fingerprint density at radius 3 is 2.44 bits per heavy atom. The highest BCUT2D eigenvalue weighted by molar-refractivity contribution is 5.98. The van der Waals surface area contributed by atoms with E-state index in [9.17, 15) is 22.8 Å². The first-order valence-electron chi connectivity index (χ1n) is 10.3. The number of hydrogen-bond acceptors (Lipinski definition) is 5. The van der Waals surface area contributed by atoms with Crippen LogP contribution in [-0.4, -0.2) is 34.9 Å². The number of nitrogens with zero attached hydrogens (tertiary/aromatic N) is 2. The number of benzene rings is 2. The predicted molar refractivity (Wildman–Crippen MR) is 118 cm³/mol. The molecule has 0 bridgehead atoms. The Labute approximate surface area is 194 Å². The normalized spacial score (nSPS) is 12.2. The number of nitrogens with one attached hydrogen (secondary N) is 1. The van der Waals surface area contributed by atoms with Gasteiger partial charge in [-0.15, -0.1) is 0 Å². The average molecular weight is 475 g/mol. The molecule has 1 atom stereocenters. The van der Waals surface area contributed by atoms with Gasteiger partial charge < -0.3 is 14.8 Å². The monoisotopic (exact) mass is 475 g/mol. The van der Waals surface area contributed by atoms with Crippen molar-refractivity contribution in [3.8, 4) is 11.6 Å². The van der Waals surface area contributed by atoms with E-state index >= 15 is 0 Å². The average Bonchev–Trinajstić information content (AvgIpc) is 3.05. The highest BCUT2D eigenvalue weighted by Gasteiger charge is 2.28. The molecule has 0 aliphatic carbocycles. The molecule has 3 rings (SSSR count). The van der Waals surface area contributed by atoms with Gasteiger partial charge in [-0.1, -0.05) is 24.3 Å². The molecule has 0 aliphatic rings. The van der Waals surface area contributed by atoms with Crippen molar-refractivity contribution in [2.24, 2.45) is 7.05 Å². The van der Waals surface area contributed by atoms with Crippen molar-refractivity contribution >= 4 is 11.9 Å². The first-order chi connectivity index (χ1) is 16.0. The smallest absolute Gasteiger partial charge is 0.393 e. The maximum atomic E-state index is 13.1. The molecule has 2 aromatic carbocycles. The molecule has 7 nitrogen and oxygen atoms in total. The zero-order valence-corrected chi connectivity index (χ0v) is 19.1. The Morgan fingerprint density at radius 1 is 1.15 bits per heavy atom. The zero-order chi connectivity index (χ0) is 25.0. The molecule has 34 heavy (non-hydrogen) atoms. The SMILES string of the molecule is COC(=O)c1ccc([C@H](C)NC(=O)c2c(C)nn(C)c2Oc2cccc(CC(F)(F)F)c2)cc1. The third-order valence-electron chi connectivity index (χ3n) is 5.09. The summed E-state index contributed by atoms with van der Waals surface area (Å²) < 4.78 is 50.1. The summed E-state index contributed by atoms with van der Waals surface area (Å²) in [7, 11) is 2.87. The van der Waals surface area contributed by atoms with Crippen LogP contribution in [0.3, 0.4) is 0 Å². The van der Waals surface area contributed by atoms with Crippen molar-refractivity contribution in [3.63, 3.8) is 0 Å². The van der Waals surface area contributed by atoms with Crippen LogP contribution in [0.5, 0.6) is 11.6 Å². The maximum absolute atomic E-state index is 13.1. The fourth-order valence-corrected chi connectivity index (χ4v) is 3.46. The predicted octanol–water partition coefficient (Wildman–Crippen LogP) is 4.90. The van der Waals surface area contributed by atoms with E-state index in [-0.39, 0.29) is 22.8 Å². The van der Waals surface area contributed by atoms with Crippen molar-refractivity contribution < 1.29 is 32.2 Å². The van der Waals surface area contributed by atoms with E-state index in [1.165, 1.54) is 36.1 Å². The molecule has 0 unspecified atom stereocenters. The van der Waals surface area contributed by atoms with Crippen LogP contribution in [0, 0.1) is 6.92 Å². The number of aromatic nitrogens is 2. The largest absolute Gasteiger partial charge is 0.465 e. The van der Waals surface area contributed by atoms with Crippen LogP contribution < -0.4 is 10.1 Å². The number of amides is 1. The Hall–Kier alpha value is -3.82. The summed E-state index contributed by atoms with van der Waals surface area (Å²) in [4.78, 5) is 24.7. The number of rotatable bonds is 7. The second kappa shape index (κ2) is 9.98. The highest BCUT2D eigenvalue weighted by atomic mass is 19.4. The number of hydrogen-bond donors (Lipinski definition) is 1. The number of methoxy groups -OCH3 is 1. The third-order valence-corrected chi connectivity index (χ3v) is 5.09. The van der Waals surface area contributed by atoms with E-state index in [0.717, 1.165) is 5.56 Å². The van der Waals surface area contributed by atoms with Gasteiger partial charge in [0.1, 0.15) is 11.3 Å². The van der Waals surface area contributed by atoms with Crippen LogP contribution in [-0.2, 0) is 18.2 Å². The molecule has 0 radical (unpaired) electrons. The molecule has 1 amide bonds. The zero-order valence-electron chi connectivity index (χ0n) is 19.1. The molecule has 0 aliphatic heterocycles. The minimum atomic E-state index is -4.35. The molecule has 0 saturated carbocycles. The van der Waals surface area contributed by atoms with Gasteiger partial charge in [0.05, 0.1) is 30.8 Å². The molecule has 180 valence electrons. The van der Waals surface area contributed by atoms with Crippen LogP contribution in [0.1, 0.15) is 50.5 Å². The van der Waals surface area contributed by atoms with Crippen molar-refractivity contribution in [2.75, 3.05) is 7.11 Å². The number of carbonyl (C=O) groups excluding carboxylic acids is 2. The highest BCUT2D eigenvalue weighted by Crippen LogP contribution is 2.30. The van der Waals surface area contributed by atoms with Gasteiger partial charge in [0.2, 0.25) is 5.88 Å². The van der Waals surface area contributed by atoms with Crippen LogP contribution in [0.4, 0.5) is 13.2 Å². The fraction of sp³-hybridized carbons (Fsp3) is 0.292. The molecular formula is C24H24F3N3O4. The van der Waals surface area contributed by atoms with Gasteiger partial charge in [-0.05, 0) is 49.2 Å². The first kappa shape index (κ1) is 24.8. The van der Waals surface area contributed by atoms with Crippen LogP contribution >= 0.6 is 0 Å². The van der Waals surface area contributed by atoms with E-state index < -0.39 is 30.5 Å². The Morgan fingerprint density at radius 2 is 1.82 bits per heavy atom. The summed E-state index contributed by atoms with van der Waals surface area (Å²) in [6, 6.07) is 11.8. The van der Waals surface area contributed by atoms with E-state index in [2.05, 4.69) is 15.2 Å². The van der Waals surface area contributed by atoms with E-state index in [0.29, 0.717) is 11.3 Å². The van der Waals surface area contributed by atoms with E-state index in [1.54, 1.807) is 45.2 Å². The number of carbonyl (C=O) groups is 2. The topological polar surface area (TPSA) is 82.5 Å². The number of halogens is 3. The fourth-order valence-electron chi connectivity index (χ4n) is 3.46. The molecule has 1 heterocycles. The molecule has 10 heteroatoms. The molecule has 0 saturated heterocycles. The van der Waals surface area contributed by atoms with Gasteiger partial charge >= 0.3 is 12.1 Å². The minimum absolute atomic E-state index is 0.0407. The standard InChI is InChI=1S/C24H24F3N3O4/c1-14(17-8-10-18(11-9-17)23(32)33-4)28-21(31)20-15(2)29-30(3)22(20)34-19-7-5-6-16(12-19)13-24(25,26)27/h5-12,14H,13H2,1-4H3,(H,28,31)/t14-/m0/s1. The van der Waals surface area contributed by atoms with Gasteiger partial charge in [0.15, 0.2) is 0 Å². The quantitative estimate of drug-likeness (QED) is 0.492. The van der Waals surface area contributed by atoms with Gasteiger partial charge in [-0.2, -0.15) is 18.3 Å². The lowest BCUT2D eigenvalue weighted by atomic mass is 10.1. The van der Waals surface area contributed by atoms with E-state index in [4.69, 9.17) is 4.74 Å². The van der Waals surface area contributed by atoms with Crippen LogP contribution in [0.15, 0.2) is 48.5 Å². The number of ether oxygens (including phenoxy) is 2. The molecule has 3 aromatic rings. The second-order valence-electron chi connectivity index (χ2n) is 7.74. The molecule has 1 N–H and O–H groups in total. The van der Waals surface area contributed by atoms with Crippen molar-refractivity contribution in [1.82, 2.24) is 15.1 Å². The van der Waals surface area contributed by atoms with E-state index in [1.807, 2.05) is 0 Å². The molecule has 1 aromatic heterocycles. The first-order valence-corrected chi connectivity index (χ1v) is 10.3. The summed E-state index contributed by atoms with van der Waals surface area (Å²) in [5.74, 6) is -0.662. The summed E-state index contributed by atoms with van der Waals surface area (Å²) in [6.45, 7) is 3.41. The van der Waals surface area contributed by atoms with Gasteiger partial charge in [0, 0.05) is 7.05 Å². The maximum Gasteiger partial charge on any atom is 0.393 e. The van der Waals surface area contributed by atoms with Crippen molar-refractivity contribution in [1.29, 1.82) is 0 Å². The number of aryl methyl sites for hydroxylation is 2. The van der Waals surface area contributed by atoms with Crippen LogP contribution in [0.2, 0.25) is 0 Å².